The fourth-order valence-electron chi connectivity index (χ4n) is 2.32. The molecule has 1 aromatic rings. The molecule has 2 unspecified atom stereocenters. The van der Waals surface area contributed by atoms with E-state index in [1.165, 1.54) is 4.90 Å². The van der Waals surface area contributed by atoms with Gasteiger partial charge in [-0.3, -0.25) is 4.79 Å². The highest BCUT2D eigenvalue weighted by atomic mass is 31.1. The number of rotatable bonds is 4. The highest BCUT2D eigenvalue weighted by Crippen LogP contribution is 2.45. The zero-order valence-corrected chi connectivity index (χ0v) is 14.6. The van der Waals surface area contributed by atoms with Crippen LogP contribution in [-0.4, -0.2) is 47.5 Å². The lowest BCUT2D eigenvalue weighted by molar-refractivity contribution is -0.126. The molecule has 0 aromatic heterocycles. The molecule has 22 heavy (non-hydrogen) atoms. The van der Waals surface area contributed by atoms with E-state index in [9.17, 15) is 9.59 Å². The van der Waals surface area contributed by atoms with Gasteiger partial charge in [0.2, 0.25) is 5.91 Å². The maximum absolute atomic E-state index is 12.6. The van der Waals surface area contributed by atoms with Gasteiger partial charge in [-0.2, -0.15) is 0 Å². The van der Waals surface area contributed by atoms with Crippen LogP contribution in [0.2, 0.25) is 0 Å². The van der Waals surface area contributed by atoms with E-state index in [2.05, 4.69) is 27.4 Å². The Kier molecular flexibility index (Phi) is 5.23. The van der Waals surface area contributed by atoms with Crippen molar-refractivity contribution in [1.82, 2.24) is 4.90 Å². The zero-order valence-electron chi connectivity index (χ0n) is 13.7. The van der Waals surface area contributed by atoms with Crippen molar-refractivity contribution in [1.29, 1.82) is 0 Å². The fraction of sp³-hybridized carbons (Fsp3) is 0.529. The van der Waals surface area contributed by atoms with Crippen LogP contribution in [0.1, 0.15) is 26.3 Å². The van der Waals surface area contributed by atoms with Gasteiger partial charge in [0.05, 0.1) is 6.04 Å². The zero-order chi connectivity index (χ0) is 16.3. The summed E-state index contributed by atoms with van der Waals surface area (Å²) in [4.78, 5) is 25.8. The van der Waals surface area contributed by atoms with Crippen LogP contribution < -0.4 is 0 Å². The van der Waals surface area contributed by atoms with Gasteiger partial charge in [0.25, 0.3) is 0 Å². The number of carbonyl (C=O) groups excluding carboxylic acids is 2. The van der Waals surface area contributed by atoms with Crippen molar-refractivity contribution in [2.75, 3.05) is 19.4 Å². The molecule has 1 heterocycles. The van der Waals surface area contributed by atoms with Crippen LogP contribution in [0.4, 0.5) is 4.79 Å². The maximum Gasteiger partial charge on any atom is 0.416 e. The Morgan fingerprint density at radius 2 is 1.95 bits per heavy atom. The minimum atomic E-state index is -0.497. The fourth-order valence-corrected chi connectivity index (χ4v) is 3.35. The predicted molar refractivity (Wildman–Crippen MR) is 89.6 cm³/mol. The quantitative estimate of drug-likeness (QED) is 0.798. The molecule has 120 valence electrons. The molecular formula is C17H24NO3P. The number of cyclic esters (lactones) is 1. The van der Waals surface area contributed by atoms with Crippen molar-refractivity contribution in [3.8, 4) is 0 Å². The Hall–Kier alpha value is -1.41. The Labute approximate surface area is 133 Å². The third-order valence-electron chi connectivity index (χ3n) is 4.06. The van der Waals surface area contributed by atoms with E-state index in [4.69, 9.17) is 4.74 Å². The Bertz CT molecular complexity index is 539. The molecule has 0 saturated carbocycles. The molecule has 2 atom stereocenters. The summed E-state index contributed by atoms with van der Waals surface area (Å²) in [7, 11) is -0.473. The summed E-state index contributed by atoms with van der Waals surface area (Å²) in [6.45, 7) is 8.80. The Balaban J connectivity index is 2.06. The third-order valence-corrected chi connectivity index (χ3v) is 7.10. The van der Waals surface area contributed by atoms with Crippen LogP contribution >= 0.6 is 7.92 Å². The number of hydrogen-bond donors (Lipinski definition) is 0. The van der Waals surface area contributed by atoms with Gasteiger partial charge < -0.3 is 4.74 Å². The molecule has 0 aliphatic carbocycles. The average molecular weight is 321 g/mol. The summed E-state index contributed by atoms with van der Waals surface area (Å²) < 4.78 is 5.11. The van der Waals surface area contributed by atoms with E-state index in [0.717, 1.165) is 5.56 Å². The normalized spacial score (nSPS) is 19.9. The molecule has 1 aliphatic heterocycles. The van der Waals surface area contributed by atoms with Crippen molar-refractivity contribution in [2.24, 2.45) is 0 Å². The van der Waals surface area contributed by atoms with Gasteiger partial charge in [-0.25, -0.2) is 9.69 Å². The molecule has 1 saturated heterocycles. The van der Waals surface area contributed by atoms with Crippen molar-refractivity contribution < 1.29 is 14.3 Å². The van der Waals surface area contributed by atoms with Crippen LogP contribution in [0.3, 0.4) is 0 Å². The monoisotopic (exact) mass is 321 g/mol. The molecule has 0 bridgehead atoms. The molecule has 0 radical (unpaired) electrons. The van der Waals surface area contributed by atoms with E-state index in [0.29, 0.717) is 12.6 Å². The number of carbonyl (C=O) groups is 2. The summed E-state index contributed by atoms with van der Waals surface area (Å²) in [6, 6.07) is 9.70. The smallest absolute Gasteiger partial charge is 0.416 e. The molecule has 5 heteroatoms. The van der Waals surface area contributed by atoms with E-state index in [1.807, 2.05) is 30.3 Å². The lowest BCUT2D eigenvalue weighted by atomic mass is 10.1. The largest absolute Gasteiger partial charge is 0.447 e. The number of amides is 2. The summed E-state index contributed by atoms with van der Waals surface area (Å²) in [5, 5.41) is 0.101. The molecular weight excluding hydrogens is 297 g/mol. The van der Waals surface area contributed by atoms with E-state index < -0.39 is 14.0 Å². The molecule has 1 fully saturated rings. The van der Waals surface area contributed by atoms with Crippen LogP contribution in [0.15, 0.2) is 30.3 Å². The molecule has 1 aliphatic rings. The van der Waals surface area contributed by atoms with Crippen molar-refractivity contribution >= 4 is 19.9 Å². The molecule has 0 spiro atoms. The van der Waals surface area contributed by atoms with Crippen molar-refractivity contribution in [2.45, 2.75) is 38.4 Å². The maximum atomic E-state index is 12.6. The number of nitrogens with zero attached hydrogens (tertiary/aromatic N) is 1. The second kappa shape index (κ2) is 6.78. The van der Waals surface area contributed by atoms with Gasteiger partial charge in [0.1, 0.15) is 6.61 Å². The highest BCUT2D eigenvalue weighted by molar-refractivity contribution is 7.59. The van der Waals surface area contributed by atoms with Crippen LogP contribution in [0, 0.1) is 0 Å². The van der Waals surface area contributed by atoms with Gasteiger partial charge in [-0.15, -0.1) is 0 Å². The van der Waals surface area contributed by atoms with E-state index in [-0.39, 0.29) is 23.7 Å². The average Bonchev–Trinajstić information content (AvgIpc) is 2.79. The first-order chi connectivity index (χ1) is 10.3. The first-order valence-electron chi connectivity index (χ1n) is 7.53. The lowest BCUT2D eigenvalue weighted by Crippen LogP contribution is -2.42. The van der Waals surface area contributed by atoms with Gasteiger partial charge in [0, 0.05) is 6.16 Å². The summed E-state index contributed by atoms with van der Waals surface area (Å²) in [5.74, 6) is -0.105. The second-order valence-corrected chi connectivity index (χ2v) is 9.76. The molecule has 2 rings (SSSR count). The summed E-state index contributed by atoms with van der Waals surface area (Å²) in [6.07, 6.45) is 0.581. The van der Waals surface area contributed by atoms with Crippen molar-refractivity contribution in [3.63, 3.8) is 0 Å². The van der Waals surface area contributed by atoms with Crippen molar-refractivity contribution in [3.05, 3.63) is 35.9 Å². The van der Waals surface area contributed by atoms with E-state index in [1.54, 1.807) is 0 Å². The lowest BCUT2D eigenvalue weighted by Gasteiger charge is -2.29. The van der Waals surface area contributed by atoms with Gasteiger partial charge >= 0.3 is 6.09 Å². The van der Waals surface area contributed by atoms with Gasteiger partial charge in [-0.1, -0.05) is 59.0 Å². The van der Waals surface area contributed by atoms with Gasteiger partial charge in [0.15, 0.2) is 0 Å². The van der Waals surface area contributed by atoms with Crippen LogP contribution in [0.5, 0.6) is 0 Å². The third kappa shape index (κ3) is 4.07. The summed E-state index contributed by atoms with van der Waals surface area (Å²) >= 11 is 0. The van der Waals surface area contributed by atoms with E-state index >= 15 is 0 Å². The first-order valence-corrected chi connectivity index (χ1v) is 9.50. The highest BCUT2D eigenvalue weighted by Gasteiger charge is 2.38. The molecule has 1 aromatic carbocycles. The first kappa shape index (κ1) is 17.0. The minimum Gasteiger partial charge on any atom is -0.447 e. The topological polar surface area (TPSA) is 46.6 Å². The SMILES string of the molecule is CP(CC(=O)N1C(=O)OCC1Cc1ccccc1)C(C)(C)C. The minimum absolute atomic E-state index is 0.101. The van der Waals surface area contributed by atoms with Crippen LogP contribution in [-0.2, 0) is 16.0 Å². The predicted octanol–water partition coefficient (Wildman–Crippen LogP) is 3.49. The Morgan fingerprint density at radius 3 is 2.55 bits per heavy atom. The number of ether oxygens (including phenoxy) is 1. The summed E-state index contributed by atoms with van der Waals surface area (Å²) in [5.41, 5.74) is 1.11. The standard InChI is InChI=1S/C17H24NO3P/c1-17(2,3)22(4)12-15(19)18-14(11-21-16(18)20)10-13-8-6-5-7-9-13/h5-9,14H,10-12H2,1-4H3. The second-order valence-electron chi connectivity index (χ2n) is 6.71. The Morgan fingerprint density at radius 1 is 1.32 bits per heavy atom. The molecule has 4 nitrogen and oxygen atoms in total. The number of benzene rings is 1. The molecule has 0 N–H and O–H groups in total. The number of hydrogen-bond acceptors (Lipinski definition) is 3. The van der Waals surface area contributed by atoms with Crippen LogP contribution in [0.25, 0.3) is 0 Å². The molecule has 2 amide bonds. The number of imide groups is 1. The van der Waals surface area contributed by atoms with Gasteiger partial charge in [-0.05, 0) is 23.8 Å².